The minimum atomic E-state index is -0.242. The third-order valence-corrected chi connectivity index (χ3v) is 6.75. The highest BCUT2D eigenvalue weighted by molar-refractivity contribution is 6.02. The maximum atomic E-state index is 14.1. The highest BCUT2D eigenvalue weighted by Gasteiger charge is 2.24. The summed E-state index contributed by atoms with van der Waals surface area (Å²) in [6.45, 7) is 2.90. The molecule has 35 heavy (non-hydrogen) atoms. The van der Waals surface area contributed by atoms with Crippen molar-refractivity contribution >= 4 is 29.0 Å². The molecule has 7 heteroatoms. The van der Waals surface area contributed by atoms with E-state index in [0.29, 0.717) is 49.7 Å². The smallest absolute Gasteiger partial charge is 0.326 e. The predicted molar refractivity (Wildman–Crippen MR) is 137 cm³/mol. The minimum Gasteiger partial charge on any atom is -0.366 e. The van der Waals surface area contributed by atoms with Crippen molar-refractivity contribution in [3.63, 3.8) is 0 Å². The molecule has 0 radical (unpaired) electrons. The molecule has 3 aromatic rings. The Bertz CT molecular complexity index is 1210. The second kappa shape index (κ2) is 10.2. The normalized spacial score (nSPS) is 15.9. The molecule has 180 valence electrons. The summed E-state index contributed by atoms with van der Waals surface area (Å²) in [6, 6.07) is 21.6. The van der Waals surface area contributed by atoms with E-state index in [1.54, 1.807) is 46.2 Å². The summed E-state index contributed by atoms with van der Waals surface area (Å²) in [5.74, 6) is -0.300. The first kappa shape index (κ1) is 22.9. The van der Waals surface area contributed by atoms with Crippen LogP contribution in [0.15, 0.2) is 72.8 Å². The minimum absolute atomic E-state index is 0.0579. The number of anilines is 3. The lowest BCUT2D eigenvalue weighted by Crippen LogP contribution is -2.49. The quantitative estimate of drug-likeness (QED) is 0.573. The van der Waals surface area contributed by atoms with Gasteiger partial charge < -0.3 is 15.1 Å². The molecule has 2 aliphatic rings. The second-order valence-corrected chi connectivity index (χ2v) is 8.98. The molecular formula is C28H29FN4O2. The number of urea groups is 1. The topological polar surface area (TPSA) is 55.9 Å². The summed E-state index contributed by atoms with van der Waals surface area (Å²) >= 11 is 0. The van der Waals surface area contributed by atoms with Crippen molar-refractivity contribution in [2.45, 2.75) is 19.3 Å². The van der Waals surface area contributed by atoms with Crippen molar-refractivity contribution in [2.75, 3.05) is 47.8 Å². The van der Waals surface area contributed by atoms with Gasteiger partial charge in [-0.3, -0.25) is 9.69 Å². The highest BCUT2D eigenvalue weighted by atomic mass is 19.1. The molecule has 0 atom stereocenters. The van der Waals surface area contributed by atoms with Gasteiger partial charge in [-0.05, 0) is 67.3 Å². The van der Waals surface area contributed by atoms with E-state index in [4.69, 9.17) is 0 Å². The Balaban J connectivity index is 1.20. The van der Waals surface area contributed by atoms with Gasteiger partial charge in [0.1, 0.15) is 5.82 Å². The molecule has 0 spiro atoms. The molecule has 2 aliphatic heterocycles. The van der Waals surface area contributed by atoms with E-state index in [2.05, 4.69) is 11.4 Å². The summed E-state index contributed by atoms with van der Waals surface area (Å²) in [4.78, 5) is 31.6. The van der Waals surface area contributed by atoms with Crippen LogP contribution in [-0.4, -0.2) is 49.6 Å². The van der Waals surface area contributed by atoms with Crippen LogP contribution < -0.4 is 15.1 Å². The summed E-state index contributed by atoms with van der Waals surface area (Å²) in [6.07, 6.45) is 3.00. The van der Waals surface area contributed by atoms with Crippen LogP contribution in [0.3, 0.4) is 0 Å². The van der Waals surface area contributed by atoms with Crippen LogP contribution >= 0.6 is 0 Å². The molecule has 2 heterocycles. The highest BCUT2D eigenvalue weighted by Crippen LogP contribution is 2.27. The van der Waals surface area contributed by atoms with Gasteiger partial charge in [0.05, 0.1) is 5.69 Å². The van der Waals surface area contributed by atoms with E-state index in [1.807, 2.05) is 29.2 Å². The number of piperazine rings is 1. The molecule has 1 saturated heterocycles. The Morgan fingerprint density at radius 3 is 2.17 bits per heavy atom. The summed E-state index contributed by atoms with van der Waals surface area (Å²) in [7, 11) is 0. The van der Waals surface area contributed by atoms with Gasteiger partial charge in [-0.1, -0.05) is 30.3 Å². The molecule has 6 nitrogen and oxygen atoms in total. The third-order valence-electron chi connectivity index (χ3n) is 6.75. The Morgan fingerprint density at radius 1 is 0.743 bits per heavy atom. The maximum Gasteiger partial charge on any atom is 0.326 e. The molecule has 1 fully saturated rings. The standard InChI is InChI=1S/C28H29FN4O2/c29-24-9-2-4-11-26(24)31-17-19-32(20-18-31)27(34)22-12-14-23(15-13-22)30-28(35)33-16-6-5-8-21-7-1-3-10-25(21)33/h1-4,7,9-15H,5-6,8,16-20H2,(H,30,35). The molecule has 3 aromatic carbocycles. The number of para-hydroxylation sites is 2. The molecule has 3 amide bonds. The van der Waals surface area contributed by atoms with Crippen molar-refractivity contribution in [1.82, 2.24) is 4.90 Å². The Kier molecular flexibility index (Phi) is 6.66. The van der Waals surface area contributed by atoms with Gasteiger partial charge in [0, 0.05) is 49.7 Å². The number of halogens is 1. The van der Waals surface area contributed by atoms with Crippen LogP contribution in [0.5, 0.6) is 0 Å². The van der Waals surface area contributed by atoms with Crippen LogP contribution in [0.25, 0.3) is 0 Å². The predicted octanol–water partition coefficient (Wildman–Crippen LogP) is 5.16. The Hall–Kier alpha value is -3.87. The molecular weight excluding hydrogens is 443 g/mol. The molecule has 0 unspecified atom stereocenters. The van der Waals surface area contributed by atoms with E-state index in [9.17, 15) is 14.0 Å². The van der Waals surface area contributed by atoms with E-state index in [1.165, 1.54) is 11.6 Å². The number of carbonyl (C=O) groups excluding carboxylic acids is 2. The average Bonchev–Trinajstić information content (AvgIpc) is 3.12. The number of nitrogens with one attached hydrogen (secondary N) is 1. The van der Waals surface area contributed by atoms with Crippen LogP contribution in [0.2, 0.25) is 0 Å². The SMILES string of the molecule is O=C(c1ccc(NC(=O)N2CCCCc3ccccc32)cc1)N1CCN(c2ccccc2F)CC1. The Labute approximate surface area is 205 Å². The number of nitrogens with zero attached hydrogens (tertiary/aromatic N) is 3. The number of amides is 3. The number of hydrogen-bond acceptors (Lipinski definition) is 3. The lowest BCUT2D eigenvalue weighted by Gasteiger charge is -2.36. The molecule has 0 aliphatic carbocycles. The monoisotopic (exact) mass is 472 g/mol. The van der Waals surface area contributed by atoms with Crippen LogP contribution in [0.4, 0.5) is 26.2 Å². The van der Waals surface area contributed by atoms with Crippen molar-refractivity contribution in [3.05, 3.63) is 89.7 Å². The molecule has 0 bridgehead atoms. The van der Waals surface area contributed by atoms with Gasteiger partial charge in [-0.15, -0.1) is 0 Å². The summed E-state index contributed by atoms with van der Waals surface area (Å²) < 4.78 is 14.1. The zero-order valence-corrected chi connectivity index (χ0v) is 19.6. The van der Waals surface area contributed by atoms with E-state index >= 15 is 0 Å². The lowest BCUT2D eigenvalue weighted by molar-refractivity contribution is 0.0746. The van der Waals surface area contributed by atoms with Gasteiger partial charge in [-0.2, -0.15) is 0 Å². The van der Waals surface area contributed by atoms with Crippen LogP contribution in [0.1, 0.15) is 28.8 Å². The summed E-state index contributed by atoms with van der Waals surface area (Å²) in [5, 5.41) is 2.98. The lowest BCUT2D eigenvalue weighted by atomic mass is 10.1. The number of benzene rings is 3. The van der Waals surface area contributed by atoms with Gasteiger partial charge in [-0.25, -0.2) is 9.18 Å². The fourth-order valence-corrected chi connectivity index (χ4v) is 4.83. The van der Waals surface area contributed by atoms with Crippen LogP contribution in [-0.2, 0) is 6.42 Å². The molecule has 5 rings (SSSR count). The van der Waals surface area contributed by atoms with E-state index in [0.717, 1.165) is 24.9 Å². The number of rotatable bonds is 3. The maximum absolute atomic E-state index is 14.1. The first-order chi connectivity index (χ1) is 17.1. The fraction of sp³-hybridized carbons (Fsp3) is 0.286. The molecule has 0 aromatic heterocycles. The van der Waals surface area contributed by atoms with Gasteiger partial charge in [0.2, 0.25) is 0 Å². The van der Waals surface area contributed by atoms with Crippen molar-refractivity contribution < 1.29 is 14.0 Å². The van der Waals surface area contributed by atoms with Crippen molar-refractivity contribution in [3.8, 4) is 0 Å². The van der Waals surface area contributed by atoms with Gasteiger partial charge >= 0.3 is 6.03 Å². The van der Waals surface area contributed by atoms with Crippen molar-refractivity contribution in [2.24, 2.45) is 0 Å². The second-order valence-electron chi connectivity index (χ2n) is 8.98. The third kappa shape index (κ3) is 4.99. The van der Waals surface area contributed by atoms with E-state index in [-0.39, 0.29) is 17.8 Å². The first-order valence-corrected chi connectivity index (χ1v) is 12.2. The average molecular weight is 473 g/mol. The Morgan fingerprint density at radius 2 is 1.43 bits per heavy atom. The van der Waals surface area contributed by atoms with Gasteiger partial charge in [0.15, 0.2) is 0 Å². The first-order valence-electron chi connectivity index (χ1n) is 12.2. The molecule has 0 saturated carbocycles. The summed E-state index contributed by atoms with van der Waals surface area (Å²) in [5.41, 5.74) is 3.95. The number of carbonyl (C=O) groups is 2. The molecule has 1 N–H and O–H groups in total. The van der Waals surface area contributed by atoms with Gasteiger partial charge in [0.25, 0.3) is 5.91 Å². The zero-order valence-electron chi connectivity index (χ0n) is 19.6. The van der Waals surface area contributed by atoms with Crippen molar-refractivity contribution in [1.29, 1.82) is 0 Å². The largest absolute Gasteiger partial charge is 0.366 e. The van der Waals surface area contributed by atoms with E-state index < -0.39 is 0 Å². The number of hydrogen-bond donors (Lipinski definition) is 1. The zero-order chi connectivity index (χ0) is 24.2. The number of aryl methyl sites for hydroxylation is 1. The fourth-order valence-electron chi connectivity index (χ4n) is 4.83. The van der Waals surface area contributed by atoms with Crippen LogP contribution in [0, 0.1) is 5.82 Å². The number of fused-ring (bicyclic) bond motifs is 1.